The summed E-state index contributed by atoms with van der Waals surface area (Å²) in [5.41, 5.74) is 3.28. The first-order valence-electron chi connectivity index (χ1n) is 9.46. The van der Waals surface area contributed by atoms with E-state index in [2.05, 4.69) is 28.7 Å². The fourth-order valence-corrected chi connectivity index (χ4v) is 3.39. The number of rotatable bonds is 7. The van der Waals surface area contributed by atoms with Gasteiger partial charge in [-0.2, -0.15) is 5.10 Å². The summed E-state index contributed by atoms with van der Waals surface area (Å²) in [6, 6.07) is 17.9. The molecule has 5 heteroatoms. The lowest BCUT2D eigenvalue weighted by Gasteiger charge is -2.11. The molecule has 140 valence electrons. The van der Waals surface area contributed by atoms with Crippen molar-refractivity contribution in [2.45, 2.75) is 25.5 Å². The highest BCUT2D eigenvalue weighted by molar-refractivity contribution is 5.63. The number of hydrogen-bond acceptors (Lipinski definition) is 4. The zero-order valence-corrected chi connectivity index (χ0v) is 15.6. The minimum atomic E-state index is 0.347. The van der Waals surface area contributed by atoms with Crippen LogP contribution in [0.4, 0.5) is 0 Å². The molecule has 3 aromatic rings. The Hall–Kier alpha value is -2.63. The highest BCUT2D eigenvalue weighted by Crippen LogP contribution is 2.27. The molecule has 0 amide bonds. The lowest BCUT2D eigenvalue weighted by molar-refractivity contribution is 0.110. The van der Waals surface area contributed by atoms with Crippen LogP contribution in [0.1, 0.15) is 18.4 Å². The fraction of sp³-hybridized carbons (Fsp3) is 0.318. The van der Waals surface area contributed by atoms with Crippen molar-refractivity contribution >= 4 is 0 Å². The zero-order valence-electron chi connectivity index (χ0n) is 15.6. The van der Waals surface area contributed by atoms with Crippen molar-refractivity contribution in [3.63, 3.8) is 0 Å². The Bertz CT molecular complexity index is 853. The third kappa shape index (κ3) is 4.56. The normalized spacial score (nSPS) is 16.6. The van der Waals surface area contributed by atoms with Gasteiger partial charge in [0.15, 0.2) is 0 Å². The molecule has 4 rings (SSSR count). The Balaban J connectivity index is 1.43. The number of nitrogens with one attached hydrogen (secondary N) is 1. The van der Waals surface area contributed by atoms with Crippen molar-refractivity contribution in [1.29, 1.82) is 0 Å². The molecule has 2 heterocycles. The van der Waals surface area contributed by atoms with Gasteiger partial charge in [0.05, 0.1) is 11.8 Å². The quantitative estimate of drug-likeness (QED) is 0.685. The predicted molar refractivity (Wildman–Crippen MR) is 106 cm³/mol. The van der Waals surface area contributed by atoms with Gasteiger partial charge in [-0.15, -0.1) is 0 Å². The second kappa shape index (κ2) is 8.37. The molecule has 0 unspecified atom stereocenters. The average Bonchev–Trinajstić information content (AvgIpc) is 3.33. The standard InChI is InChI=1S/C22H25N3O2/c1-25-16-18(14-23-15-21-8-5-13-26-21)22(24-25)17-9-11-20(12-10-17)27-19-6-3-2-4-7-19/h2-4,6-7,9-12,16,21,23H,5,8,13-15H2,1H3/t21-/m0/s1. The molecule has 2 aromatic carbocycles. The number of para-hydroxylation sites is 1. The lowest BCUT2D eigenvalue weighted by atomic mass is 10.1. The van der Waals surface area contributed by atoms with E-state index in [1.807, 2.05) is 54.2 Å². The van der Waals surface area contributed by atoms with Crippen LogP contribution in [0.25, 0.3) is 11.3 Å². The van der Waals surface area contributed by atoms with Gasteiger partial charge in [0.1, 0.15) is 11.5 Å². The van der Waals surface area contributed by atoms with E-state index in [4.69, 9.17) is 9.47 Å². The summed E-state index contributed by atoms with van der Waals surface area (Å²) in [4.78, 5) is 0. The van der Waals surface area contributed by atoms with E-state index in [0.29, 0.717) is 6.10 Å². The largest absolute Gasteiger partial charge is 0.457 e. The summed E-state index contributed by atoms with van der Waals surface area (Å²) in [7, 11) is 1.96. The van der Waals surface area contributed by atoms with E-state index in [1.54, 1.807) is 0 Å². The molecule has 0 spiro atoms. The van der Waals surface area contributed by atoms with Crippen LogP contribution in [0.5, 0.6) is 11.5 Å². The summed E-state index contributed by atoms with van der Waals surface area (Å²) in [6.45, 7) is 2.56. The van der Waals surface area contributed by atoms with Gasteiger partial charge in [0.2, 0.25) is 0 Å². The van der Waals surface area contributed by atoms with Gasteiger partial charge in [-0.05, 0) is 49.2 Å². The number of hydrogen-bond donors (Lipinski definition) is 1. The van der Waals surface area contributed by atoms with Crippen LogP contribution in [0.3, 0.4) is 0 Å². The van der Waals surface area contributed by atoms with E-state index < -0.39 is 0 Å². The Morgan fingerprint density at radius 2 is 1.89 bits per heavy atom. The van der Waals surface area contributed by atoms with Gasteiger partial charge in [-0.25, -0.2) is 0 Å². The van der Waals surface area contributed by atoms with E-state index in [-0.39, 0.29) is 0 Å². The molecule has 0 aliphatic carbocycles. The van der Waals surface area contributed by atoms with Gasteiger partial charge in [-0.1, -0.05) is 18.2 Å². The summed E-state index contributed by atoms with van der Waals surface area (Å²) < 4.78 is 13.4. The number of nitrogens with zero attached hydrogens (tertiary/aromatic N) is 2. The first-order chi connectivity index (χ1) is 13.3. The van der Waals surface area contributed by atoms with Crippen LogP contribution in [-0.2, 0) is 18.3 Å². The maximum atomic E-state index is 5.87. The summed E-state index contributed by atoms with van der Waals surface area (Å²) >= 11 is 0. The van der Waals surface area contributed by atoms with Crippen LogP contribution < -0.4 is 10.1 Å². The molecular weight excluding hydrogens is 338 g/mol. The molecule has 1 aliphatic rings. The van der Waals surface area contributed by atoms with Crippen molar-refractivity contribution in [3.8, 4) is 22.8 Å². The topological polar surface area (TPSA) is 48.3 Å². The molecule has 1 saturated heterocycles. The summed E-state index contributed by atoms with van der Waals surface area (Å²) in [5, 5.41) is 8.16. The fourth-order valence-electron chi connectivity index (χ4n) is 3.39. The van der Waals surface area contributed by atoms with E-state index in [1.165, 1.54) is 12.0 Å². The molecule has 1 aliphatic heterocycles. The molecular formula is C22H25N3O2. The minimum Gasteiger partial charge on any atom is -0.457 e. The Kier molecular flexibility index (Phi) is 5.51. The van der Waals surface area contributed by atoms with Gasteiger partial charge in [0.25, 0.3) is 0 Å². The van der Waals surface area contributed by atoms with Crippen molar-refractivity contribution < 1.29 is 9.47 Å². The maximum Gasteiger partial charge on any atom is 0.127 e. The van der Waals surface area contributed by atoms with Crippen molar-refractivity contribution in [2.75, 3.05) is 13.2 Å². The van der Waals surface area contributed by atoms with E-state index in [0.717, 1.165) is 48.9 Å². The summed E-state index contributed by atoms with van der Waals surface area (Å²) in [6.07, 6.45) is 4.74. The Morgan fingerprint density at radius 3 is 2.63 bits per heavy atom. The second-order valence-corrected chi connectivity index (χ2v) is 6.88. The lowest BCUT2D eigenvalue weighted by Crippen LogP contribution is -2.25. The Labute approximate surface area is 159 Å². The third-order valence-corrected chi connectivity index (χ3v) is 4.72. The second-order valence-electron chi connectivity index (χ2n) is 6.88. The Morgan fingerprint density at radius 1 is 1.11 bits per heavy atom. The third-order valence-electron chi connectivity index (χ3n) is 4.72. The highest BCUT2D eigenvalue weighted by atomic mass is 16.5. The van der Waals surface area contributed by atoms with Crippen LogP contribution in [0.15, 0.2) is 60.8 Å². The zero-order chi connectivity index (χ0) is 18.5. The number of benzene rings is 2. The van der Waals surface area contributed by atoms with Crippen molar-refractivity contribution in [3.05, 3.63) is 66.4 Å². The number of ether oxygens (including phenoxy) is 2. The highest BCUT2D eigenvalue weighted by Gasteiger charge is 2.16. The van der Waals surface area contributed by atoms with Gasteiger partial charge < -0.3 is 14.8 Å². The predicted octanol–water partition coefficient (Wildman–Crippen LogP) is 4.15. The molecule has 0 saturated carbocycles. The van der Waals surface area contributed by atoms with Crippen LogP contribution in [0, 0.1) is 0 Å². The van der Waals surface area contributed by atoms with Crippen LogP contribution in [0.2, 0.25) is 0 Å². The van der Waals surface area contributed by atoms with Crippen molar-refractivity contribution in [2.24, 2.45) is 7.05 Å². The molecule has 0 radical (unpaired) electrons. The number of aryl methyl sites for hydroxylation is 1. The van der Waals surface area contributed by atoms with Crippen molar-refractivity contribution in [1.82, 2.24) is 15.1 Å². The van der Waals surface area contributed by atoms with Crippen LogP contribution in [-0.4, -0.2) is 29.0 Å². The molecule has 1 aromatic heterocycles. The monoisotopic (exact) mass is 363 g/mol. The van der Waals surface area contributed by atoms with Crippen LogP contribution >= 0.6 is 0 Å². The molecule has 5 nitrogen and oxygen atoms in total. The minimum absolute atomic E-state index is 0.347. The molecule has 1 N–H and O–H groups in total. The molecule has 0 bridgehead atoms. The SMILES string of the molecule is Cn1cc(CNC[C@@H]2CCCO2)c(-c2ccc(Oc3ccccc3)cc2)n1. The first kappa shape index (κ1) is 17.8. The summed E-state index contributed by atoms with van der Waals surface area (Å²) in [5.74, 6) is 1.65. The molecule has 1 fully saturated rings. The number of aromatic nitrogens is 2. The average molecular weight is 363 g/mol. The van der Waals surface area contributed by atoms with E-state index in [9.17, 15) is 0 Å². The first-order valence-corrected chi connectivity index (χ1v) is 9.46. The maximum absolute atomic E-state index is 5.87. The molecule has 1 atom stereocenters. The van der Waals surface area contributed by atoms with Gasteiger partial charge >= 0.3 is 0 Å². The molecule has 27 heavy (non-hydrogen) atoms. The van der Waals surface area contributed by atoms with Gasteiger partial charge in [-0.3, -0.25) is 4.68 Å². The van der Waals surface area contributed by atoms with E-state index >= 15 is 0 Å². The smallest absolute Gasteiger partial charge is 0.127 e. The van der Waals surface area contributed by atoms with Gasteiger partial charge in [0, 0.05) is 44.1 Å².